The van der Waals surface area contributed by atoms with Crippen LogP contribution < -0.4 is 14.8 Å². The third-order valence-electron chi connectivity index (χ3n) is 4.76. The predicted molar refractivity (Wildman–Crippen MR) is 119 cm³/mol. The standard InChI is InChI=1S/C23H20Cl2FNO4/c1-13-15(23(28)29)5-3-8-20(13)27-11-14-9-18(25)22(21(10-14)30-2)31-12-16-17(24)6-4-7-19(16)26/h3-10,27H,11-12H2,1-2H3,(H,28,29). The quantitative estimate of drug-likeness (QED) is 0.407. The van der Waals surface area contributed by atoms with Gasteiger partial charge in [-0.2, -0.15) is 0 Å². The predicted octanol–water partition coefficient (Wildman–Crippen LogP) is 6.34. The van der Waals surface area contributed by atoms with Crippen LogP contribution in [0.25, 0.3) is 0 Å². The molecule has 5 nitrogen and oxygen atoms in total. The SMILES string of the molecule is COc1cc(CNc2cccc(C(=O)O)c2C)cc(Cl)c1OCc1c(F)cccc1Cl. The van der Waals surface area contributed by atoms with E-state index in [1.807, 2.05) is 0 Å². The summed E-state index contributed by atoms with van der Waals surface area (Å²) in [5.41, 5.74) is 2.58. The summed E-state index contributed by atoms with van der Waals surface area (Å²) in [6.07, 6.45) is 0. The molecule has 31 heavy (non-hydrogen) atoms. The molecule has 0 aliphatic carbocycles. The van der Waals surface area contributed by atoms with Gasteiger partial charge in [0.2, 0.25) is 0 Å². The number of methoxy groups -OCH3 is 1. The minimum atomic E-state index is -0.984. The van der Waals surface area contributed by atoms with Crippen LogP contribution in [0.1, 0.15) is 27.0 Å². The van der Waals surface area contributed by atoms with Gasteiger partial charge in [0.05, 0.1) is 22.7 Å². The van der Waals surface area contributed by atoms with Crippen LogP contribution in [-0.2, 0) is 13.2 Å². The summed E-state index contributed by atoms with van der Waals surface area (Å²) < 4.78 is 25.1. The second-order valence-corrected chi connectivity index (χ2v) is 7.55. The topological polar surface area (TPSA) is 67.8 Å². The Morgan fingerprint density at radius 3 is 2.55 bits per heavy atom. The van der Waals surface area contributed by atoms with Crippen molar-refractivity contribution < 1.29 is 23.8 Å². The molecule has 0 radical (unpaired) electrons. The van der Waals surface area contributed by atoms with Crippen molar-refractivity contribution in [3.05, 3.63) is 86.6 Å². The highest BCUT2D eigenvalue weighted by atomic mass is 35.5. The van der Waals surface area contributed by atoms with Gasteiger partial charge in [0.15, 0.2) is 11.5 Å². The number of halogens is 3. The van der Waals surface area contributed by atoms with Crippen molar-refractivity contribution in [2.24, 2.45) is 0 Å². The summed E-state index contributed by atoms with van der Waals surface area (Å²) in [4.78, 5) is 11.3. The molecule has 0 amide bonds. The Kier molecular flexibility index (Phi) is 7.25. The van der Waals surface area contributed by atoms with E-state index in [0.29, 0.717) is 28.6 Å². The number of benzene rings is 3. The summed E-state index contributed by atoms with van der Waals surface area (Å²) in [7, 11) is 1.48. The lowest BCUT2D eigenvalue weighted by Gasteiger charge is -2.16. The second kappa shape index (κ2) is 9.90. The summed E-state index contributed by atoms with van der Waals surface area (Å²) in [6, 6.07) is 12.9. The fraction of sp³-hybridized carbons (Fsp3) is 0.174. The monoisotopic (exact) mass is 463 g/mol. The van der Waals surface area contributed by atoms with Gasteiger partial charge >= 0.3 is 5.97 Å². The van der Waals surface area contributed by atoms with Crippen LogP contribution in [0.2, 0.25) is 10.0 Å². The number of nitrogens with one attached hydrogen (secondary N) is 1. The van der Waals surface area contributed by atoms with Gasteiger partial charge in [-0.25, -0.2) is 9.18 Å². The smallest absolute Gasteiger partial charge is 0.336 e. The molecule has 0 atom stereocenters. The number of carboxylic acids is 1. The highest BCUT2D eigenvalue weighted by Crippen LogP contribution is 2.37. The van der Waals surface area contributed by atoms with E-state index in [1.165, 1.54) is 19.2 Å². The molecular formula is C23H20Cl2FNO4. The second-order valence-electron chi connectivity index (χ2n) is 6.73. The molecule has 0 saturated carbocycles. The molecule has 0 fully saturated rings. The molecule has 0 aliphatic heterocycles. The Balaban J connectivity index is 1.78. The summed E-state index contributed by atoms with van der Waals surface area (Å²) >= 11 is 12.4. The van der Waals surface area contributed by atoms with Gasteiger partial charge in [0, 0.05) is 17.8 Å². The minimum absolute atomic E-state index is 0.111. The number of hydrogen-bond acceptors (Lipinski definition) is 4. The molecule has 3 aromatic rings. The Morgan fingerprint density at radius 2 is 1.87 bits per heavy atom. The Hall–Kier alpha value is -2.96. The molecule has 0 spiro atoms. The van der Waals surface area contributed by atoms with Gasteiger partial charge in [-0.3, -0.25) is 0 Å². The van der Waals surface area contributed by atoms with Gasteiger partial charge in [0.25, 0.3) is 0 Å². The van der Waals surface area contributed by atoms with Crippen molar-refractivity contribution in [3.8, 4) is 11.5 Å². The largest absolute Gasteiger partial charge is 0.493 e. The molecule has 0 aromatic heterocycles. The molecule has 3 rings (SSSR count). The Bertz CT molecular complexity index is 1100. The van der Waals surface area contributed by atoms with Crippen LogP contribution in [-0.4, -0.2) is 18.2 Å². The molecule has 0 heterocycles. The fourth-order valence-corrected chi connectivity index (χ4v) is 3.59. The zero-order valence-electron chi connectivity index (χ0n) is 16.8. The van der Waals surface area contributed by atoms with E-state index in [2.05, 4.69) is 5.32 Å². The number of hydrogen-bond donors (Lipinski definition) is 2. The van der Waals surface area contributed by atoms with Gasteiger partial charge in [-0.05, 0) is 54.4 Å². The van der Waals surface area contributed by atoms with Gasteiger partial charge in [-0.1, -0.05) is 35.3 Å². The first-order chi connectivity index (χ1) is 14.8. The molecule has 0 saturated heterocycles. The van der Waals surface area contributed by atoms with Crippen molar-refractivity contribution in [2.45, 2.75) is 20.1 Å². The number of ether oxygens (including phenoxy) is 2. The number of anilines is 1. The van der Waals surface area contributed by atoms with E-state index in [9.17, 15) is 14.3 Å². The van der Waals surface area contributed by atoms with Crippen LogP contribution >= 0.6 is 23.2 Å². The lowest BCUT2D eigenvalue weighted by molar-refractivity contribution is 0.0696. The number of carbonyl (C=O) groups is 1. The van der Waals surface area contributed by atoms with Crippen molar-refractivity contribution in [2.75, 3.05) is 12.4 Å². The summed E-state index contributed by atoms with van der Waals surface area (Å²) in [6.45, 7) is 2.00. The molecule has 0 unspecified atom stereocenters. The number of carboxylic acid groups (broad SMARTS) is 1. The third-order valence-corrected chi connectivity index (χ3v) is 5.39. The maximum atomic E-state index is 14.0. The average molecular weight is 464 g/mol. The molecule has 8 heteroatoms. The molecular weight excluding hydrogens is 444 g/mol. The first-order valence-corrected chi connectivity index (χ1v) is 10.1. The zero-order chi connectivity index (χ0) is 22.5. The maximum Gasteiger partial charge on any atom is 0.336 e. The molecule has 3 aromatic carbocycles. The molecule has 2 N–H and O–H groups in total. The summed E-state index contributed by atoms with van der Waals surface area (Å²) in [5.74, 6) is -0.797. The zero-order valence-corrected chi connectivity index (χ0v) is 18.4. The molecule has 162 valence electrons. The van der Waals surface area contributed by atoms with Crippen molar-refractivity contribution in [1.82, 2.24) is 0 Å². The third kappa shape index (κ3) is 5.21. The highest BCUT2D eigenvalue weighted by Gasteiger charge is 2.15. The summed E-state index contributed by atoms with van der Waals surface area (Å²) in [5, 5.41) is 13.0. The Morgan fingerprint density at radius 1 is 1.13 bits per heavy atom. The van der Waals surface area contributed by atoms with Crippen LogP contribution in [0.4, 0.5) is 10.1 Å². The van der Waals surface area contributed by atoms with E-state index in [-0.39, 0.29) is 28.5 Å². The van der Waals surface area contributed by atoms with Crippen LogP contribution in [0.15, 0.2) is 48.5 Å². The van der Waals surface area contributed by atoms with Crippen LogP contribution in [0, 0.1) is 12.7 Å². The van der Waals surface area contributed by atoms with E-state index < -0.39 is 11.8 Å². The Labute approximate surface area is 189 Å². The van der Waals surface area contributed by atoms with Gasteiger partial charge in [0.1, 0.15) is 12.4 Å². The van der Waals surface area contributed by atoms with Crippen molar-refractivity contribution >= 4 is 34.9 Å². The normalized spacial score (nSPS) is 10.6. The van der Waals surface area contributed by atoms with E-state index in [4.69, 9.17) is 32.7 Å². The molecule has 0 aliphatic rings. The van der Waals surface area contributed by atoms with Gasteiger partial charge in [-0.15, -0.1) is 0 Å². The maximum absolute atomic E-state index is 14.0. The van der Waals surface area contributed by atoms with Crippen LogP contribution in [0.5, 0.6) is 11.5 Å². The lowest BCUT2D eigenvalue weighted by atomic mass is 10.1. The van der Waals surface area contributed by atoms with Crippen molar-refractivity contribution in [3.63, 3.8) is 0 Å². The average Bonchev–Trinajstić information content (AvgIpc) is 2.73. The lowest BCUT2D eigenvalue weighted by Crippen LogP contribution is -2.06. The molecule has 0 bridgehead atoms. The van der Waals surface area contributed by atoms with E-state index in [0.717, 1.165) is 5.56 Å². The van der Waals surface area contributed by atoms with E-state index >= 15 is 0 Å². The highest BCUT2D eigenvalue weighted by molar-refractivity contribution is 6.32. The minimum Gasteiger partial charge on any atom is -0.493 e. The first kappa shape index (κ1) is 22.7. The van der Waals surface area contributed by atoms with Crippen LogP contribution in [0.3, 0.4) is 0 Å². The van der Waals surface area contributed by atoms with E-state index in [1.54, 1.807) is 43.3 Å². The van der Waals surface area contributed by atoms with Crippen molar-refractivity contribution in [1.29, 1.82) is 0 Å². The number of rotatable bonds is 8. The first-order valence-electron chi connectivity index (χ1n) is 9.30. The van der Waals surface area contributed by atoms with Gasteiger partial charge < -0.3 is 19.9 Å². The fourth-order valence-electron chi connectivity index (χ4n) is 3.09. The number of aromatic carboxylic acids is 1.